The molecule has 0 amide bonds. The van der Waals surface area contributed by atoms with Gasteiger partial charge in [-0.05, 0) is 42.2 Å². The van der Waals surface area contributed by atoms with Gasteiger partial charge in [0.15, 0.2) is 6.29 Å². The van der Waals surface area contributed by atoms with Crippen molar-refractivity contribution in [1.82, 2.24) is 4.98 Å². The van der Waals surface area contributed by atoms with Crippen molar-refractivity contribution >= 4 is 6.29 Å². The standard InChI is InChI=1S/C14H13NO/c1-10-3-4-12(7-11(10)2)14-5-6-15-8-13(14)9-16/h3-9H,1-2H3. The molecule has 0 aliphatic heterocycles. The molecule has 2 heteroatoms. The van der Waals surface area contributed by atoms with Gasteiger partial charge in [-0.15, -0.1) is 0 Å². The van der Waals surface area contributed by atoms with Crippen molar-refractivity contribution in [3.8, 4) is 11.1 Å². The Bertz CT molecular complexity index is 532. The second-order valence-electron chi connectivity index (χ2n) is 3.88. The molecule has 0 saturated carbocycles. The minimum atomic E-state index is 0.630. The summed E-state index contributed by atoms with van der Waals surface area (Å²) in [6, 6.07) is 8.07. The molecule has 0 aliphatic carbocycles. The fraction of sp³-hybridized carbons (Fsp3) is 0.143. The van der Waals surface area contributed by atoms with Crippen LogP contribution in [0, 0.1) is 13.8 Å². The Labute approximate surface area is 95.0 Å². The SMILES string of the molecule is Cc1ccc(-c2ccncc2C=O)cc1C. The van der Waals surface area contributed by atoms with E-state index in [1.807, 2.05) is 12.1 Å². The molecule has 0 radical (unpaired) electrons. The van der Waals surface area contributed by atoms with Gasteiger partial charge < -0.3 is 0 Å². The van der Waals surface area contributed by atoms with Crippen LogP contribution < -0.4 is 0 Å². The average Bonchev–Trinajstić information content (AvgIpc) is 2.32. The predicted octanol–water partition coefficient (Wildman–Crippen LogP) is 3.18. The summed E-state index contributed by atoms with van der Waals surface area (Å²) in [4.78, 5) is 14.9. The first-order chi connectivity index (χ1) is 7.72. The minimum Gasteiger partial charge on any atom is -0.298 e. The summed E-state index contributed by atoms with van der Waals surface area (Å²) in [7, 11) is 0. The zero-order valence-corrected chi connectivity index (χ0v) is 9.40. The lowest BCUT2D eigenvalue weighted by molar-refractivity contribution is 0.112. The molecule has 0 fully saturated rings. The highest BCUT2D eigenvalue weighted by molar-refractivity contribution is 5.87. The highest BCUT2D eigenvalue weighted by Crippen LogP contribution is 2.23. The Hall–Kier alpha value is -1.96. The Morgan fingerprint density at radius 1 is 1.12 bits per heavy atom. The molecule has 2 rings (SSSR count). The molecule has 0 atom stereocenters. The second kappa shape index (κ2) is 4.27. The van der Waals surface area contributed by atoms with E-state index in [2.05, 4.69) is 31.0 Å². The molecule has 16 heavy (non-hydrogen) atoms. The van der Waals surface area contributed by atoms with Crippen LogP contribution in [0.3, 0.4) is 0 Å². The monoisotopic (exact) mass is 211 g/mol. The van der Waals surface area contributed by atoms with Gasteiger partial charge in [0.25, 0.3) is 0 Å². The fourth-order valence-corrected chi connectivity index (χ4v) is 1.67. The zero-order valence-electron chi connectivity index (χ0n) is 9.40. The summed E-state index contributed by atoms with van der Waals surface area (Å²) < 4.78 is 0. The van der Waals surface area contributed by atoms with Gasteiger partial charge in [0.05, 0.1) is 0 Å². The number of aldehydes is 1. The van der Waals surface area contributed by atoms with E-state index < -0.39 is 0 Å². The van der Waals surface area contributed by atoms with Crippen molar-refractivity contribution < 1.29 is 4.79 Å². The fourth-order valence-electron chi connectivity index (χ4n) is 1.67. The maximum absolute atomic E-state index is 10.9. The van der Waals surface area contributed by atoms with Crippen LogP contribution in [0.2, 0.25) is 0 Å². The van der Waals surface area contributed by atoms with Crippen LogP contribution in [0.25, 0.3) is 11.1 Å². The van der Waals surface area contributed by atoms with E-state index in [0.29, 0.717) is 5.56 Å². The minimum absolute atomic E-state index is 0.630. The number of carbonyl (C=O) groups excluding carboxylic acids is 1. The summed E-state index contributed by atoms with van der Waals surface area (Å²) >= 11 is 0. The van der Waals surface area contributed by atoms with Crippen molar-refractivity contribution in [2.75, 3.05) is 0 Å². The van der Waals surface area contributed by atoms with Crippen LogP contribution in [0.15, 0.2) is 36.7 Å². The highest BCUT2D eigenvalue weighted by Gasteiger charge is 2.04. The number of rotatable bonds is 2. The number of carbonyl (C=O) groups is 1. The van der Waals surface area contributed by atoms with E-state index >= 15 is 0 Å². The lowest BCUT2D eigenvalue weighted by atomic mass is 9.98. The number of pyridine rings is 1. The number of hydrogen-bond donors (Lipinski definition) is 0. The van der Waals surface area contributed by atoms with Gasteiger partial charge in [-0.25, -0.2) is 0 Å². The second-order valence-corrected chi connectivity index (χ2v) is 3.88. The van der Waals surface area contributed by atoms with Crippen molar-refractivity contribution in [3.63, 3.8) is 0 Å². The molecule has 2 aromatic rings. The number of aryl methyl sites for hydroxylation is 2. The molecule has 80 valence electrons. The van der Waals surface area contributed by atoms with Crippen LogP contribution in [-0.4, -0.2) is 11.3 Å². The Balaban J connectivity index is 2.58. The first-order valence-electron chi connectivity index (χ1n) is 5.19. The largest absolute Gasteiger partial charge is 0.298 e. The molecular weight excluding hydrogens is 198 g/mol. The summed E-state index contributed by atoms with van der Waals surface area (Å²) in [5.74, 6) is 0. The maximum Gasteiger partial charge on any atom is 0.152 e. The third kappa shape index (κ3) is 1.87. The molecule has 1 aromatic carbocycles. The van der Waals surface area contributed by atoms with Gasteiger partial charge in [-0.1, -0.05) is 18.2 Å². The molecular formula is C14H13NO. The van der Waals surface area contributed by atoms with Crippen molar-refractivity contribution in [1.29, 1.82) is 0 Å². The van der Waals surface area contributed by atoms with E-state index in [9.17, 15) is 4.79 Å². The molecule has 2 nitrogen and oxygen atoms in total. The molecule has 0 N–H and O–H groups in total. The topological polar surface area (TPSA) is 30.0 Å². The summed E-state index contributed by atoms with van der Waals surface area (Å²) in [6.45, 7) is 4.15. The van der Waals surface area contributed by atoms with Crippen molar-refractivity contribution in [2.45, 2.75) is 13.8 Å². The molecule has 0 saturated heterocycles. The highest BCUT2D eigenvalue weighted by atomic mass is 16.1. The number of benzene rings is 1. The van der Waals surface area contributed by atoms with E-state index in [1.54, 1.807) is 12.4 Å². The van der Waals surface area contributed by atoms with Gasteiger partial charge in [-0.2, -0.15) is 0 Å². The van der Waals surface area contributed by atoms with Crippen LogP contribution in [0.4, 0.5) is 0 Å². The maximum atomic E-state index is 10.9. The van der Waals surface area contributed by atoms with E-state index in [1.165, 1.54) is 11.1 Å². The Morgan fingerprint density at radius 3 is 2.62 bits per heavy atom. The van der Waals surface area contributed by atoms with Gasteiger partial charge in [0.1, 0.15) is 0 Å². The van der Waals surface area contributed by atoms with Crippen LogP contribution in [-0.2, 0) is 0 Å². The van der Waals surface area contributed by atoms with Crippen LogP contribution in [0.1, 0.15) is 21.5 Å². The first kappa shape index (κ1) is 10.6. The third-order valence-electron chi connectivity index (χ3n) is 2.80. The third-order valence-corrected chi connectivity index (χ3v) is 2.80. The molecule has 1 aromatic heterocycles. The lowest BCUT2D eigenvalue weighted by Gasteiger charge is -2.07. The molecule has 1 heterocycles. The summed E-state index contributed by atoms with van der Waals surface area (Å²) in [5.41, 5.74) is 5.11. The summed E-state index contributed by atoms with van der Waals surface area (Å²) in [6.07, 6.45) is 4.15. The first-order valence-corrected chi connectivity index (χ1v) is 5.19. The Morgan fingerprint density at radius 2 is 1.94 bits per heavy atom. The molecule has 0 bridgehead atoms. The van der Waals surface area contributed by atoms with Gasteiger partial charge in [0, 0.05) is 18.0 Å². The van der Waals surface area contributed by atoms with Crippen molar-refractivity contribution in [2.24, 2.45) is 0 Å². The van der Waals surface area contributed by atoms with E-state index in [4.69, 9.17) is 0 Å². The van der Waals surface area contributed by atoms with E-state index in [0.717, 1.165) is 17.4 Å². The summed E-state index contributed by atoms with van der Waals surface area (Å²) in [5, 5.41) is 0. The average molecular weight is 211 g/mol. The van der Waals surface area contributed by atoms with Crippen molar-refractivity contribution in [3.05, 3.63) is 53.3 Å². The zero-order chi connectivity index (χ0) is 11.5. The molecule has 0 unspecified atom stereocenters. The Kier molecular flexibility index (Phi) is 2.82. The lowest BCUT2D eigenvalue weighted by Crippen LogP contribution is -1.90. The predicted molar refractivity (Wildman–Crippen MR) is 64.5 cm³/mol. The normalized spacial score (nSPS) is 10.1. The van der Waals surface area contributed by atoms with Crippen LogP contribution >= 0.6 is 0 Å². The van der Waals surface area contributed by atoms with Gasteiger partial charge in [0.2, 0.25) is 0 Å². The number of aromatic nitrogens is 1. The van der Waals surface area contributed by atoms with E-state index in [-0.39, 0.29) is 0 Å². The van der Waals surface area contributed by atoms with Crippen LogP contribution in [0.5, 0.6) is 0 Å². The molecule has 0 spiro atoms. The number of hydrogen-bond acceptors (Lipinski definition) is 2. The van der Waals surface area contributed by atoms with Gasteiger partial charge >= 0.3 is 0 Å². The number of nitrogens with zero attached hydrogens (tertiary/aromatic N) is 1. The quantitative estimate of drug-likeness (QED) is 0.714. The molecule has 0 aliphatic rings. The smallest absolute Gasteiger partial charge is 0.152 e. The van der Waals surface area contributed by atoms with Gasteiger partial charge in [-0.3, -0.25) is 9.78 Å².